The van der Waals surface area contributed by atoms with Crippen LogP contribution in [-0.2, 0) is 4.79 Å². The maximum absolute atomic E-state index is 13.6. The lowest BCUT2D eigenvalue weighted by molar-refractivity contribution is -0.114. The summed E-state index contributed by atoms with van der Waals surface area (Å²) in [7, 11) is 0. The Kier molecular flexibility index (Phi) is 3.73. The summed E-state index contributed by atoms with van der Waals surface area (Å²) in [5.41, 5.74) is 4.52. The van der Waals surface area contributed by atoms with Gasteiger partial charge in [-0.3, -0.25) is 4.79 Å². The topological polar surface area (TPSA) is 67.2 Å². The third-order valence-electron chi connectivity index (χ3n) is 1.65. The number of nitrogens with one attached hydrogen (secondary N) is 2. The van der Waals surface area contributed by atoms with Gasteiger partial charge >= 0.3 is 0 Å². The highest BCUT2D eigenvalue weighted by molar-refractivity contribution is 7.80. The van der Waals surface area contributed by atoms with Gasteiger partial charge in [-0.1, -0.05) is 0 Å². The highest BCUT2D eigenvalue weighted by Gasteiger charge is 2.14. The van der Waals surface area contributed by atoms with Crippen LogP contribution in [0.1, 0.15) is 6.92 Å². The number of benzene rings is 1. The number of hydrogen-bond acceptors (Lipinski definition) is 2. The van der Waals surface area contributed by atoms with Crippen LogP contribution in [0.15, 0.2) is 12.1 Å². The lowest BCUT2D eigenvalue weighted by atomic mass is 10.2. The number of amides is 1. The van der Waals surface area contributed by atoms with Crippen LogP contribution < -0.4 is 16.4 Å². The van der Waals surface area contributed by atoms with Crippen LogP contribution in [0.2, 0.25) is 0 Å². The minimum atomic E-state index is -0.956. The van der Waals surface area contributed by atoms with E-state index in [1.165, 1.54) is 0 Å². The molecule has 0 unspecified atom stereocenters. The second-order valence-electron chi connectivity index (χ2n) is 2.95. The minimum absolute atomic E-state index is 0.0994. The van der Waals surface area contributed by atoms with Crippen molar-refractivity contribution >= 4 is 34.6 Å². The molecule has 0 saturated heterocycles. The summed E-state index contributed by atoms with van der Waals surface area (Å²) in [5.74, 6) is -2.41. The van der Waals surface area contributed by atoms with E-state index >= 15 is 0 Å². The lowest BCUT2D eigenvalue weighted by Crippen LogP contribution is -2.20. The fraction of sp³-hybridized carbons (Fsp3) is 0.111. The van der Waals surface area contributed by atoms with Crippen LogP contribution in [-0.4, -0.2) is 11.0 Å². The van der Waals surface area contributed by atoms with E-state index in [0.29, 0.717) is 0 Å². The average Bonchev–Trinajstić information content (AvgIpc) is 2.16. The number of halogens is 2. The van der Waals surface area contributed by atoms with Crippen LogP contribution in [0.5, 0.6) is 0 Å². The van der Waals surface area contributed by atoms with Gasteiger partial charge in [0, 0.05) is 6.92 Å². The van der Waals surface area contributed by atoms with E-state index in [4.69, 9.17) is 5.73 Å². The van der Waals surface area contributed by atoms with Gasteiger partial charge in [0.15, 0.2) is 10.9 Å². The van der Waals surface area contributed by atoms with Crippen molar-refractivity contribution in [2.45, 2.75) is 6.92 Å². The Bertz CT molecular complexity index is 451. The molecule has 0 bridgehead atoms. The minimum Gasteiger partial charge on any atom is -0.376 e. The van der Waals surface area contributed by atoms with E-state index in [1.807, 2.05) is 5.32 Å². The molecule has 0 fully saturated rings. The first-order valence-corrected chi connectivity index (χ1v) is 4.64. The standard InChI is InChI=1S/C9H9F2N3OS/c1-4(15)13-8-5(10)2-3-6(7(8)11)14-9(12)16/h2-3H,1H3,(H,13,15)(H3,12,14,16). The zero-order chi connectivity index (χ0) is 12.3. The SMILES string of the molecule is CC(=O)Nc1c(F)ccc(NC(N)=S)c1F. The van der Waals surface area contributed by atoms with Crippen LogP contribution in [0.25, 0.3) is 0 Å². The summed E-state index contributed by atoms with van der Waals surface area (Å²) < 4.78 is 26.8. The number of rotatable bonds is 2. The van der Waals surface area contributed by atoms with E-state index in [0.717, 1.165) is 19.1 Å². The molecule has 0 atom stereocenters. The Balaban J connectivity index is 3.15. The third kappa shape index (κ3) is 2.86. The summed E-state index contributed by atoms with van der Waals surface area (Å²) in [6.45, 7) is 1.15. The highest BCUT2D eigenvalue weighted by atomic mass is 32.1. The van der Waals surface area contributed by atoms with E-state index in [2.05, 4.69) is 17.5 Å². The molecule has 0 aliphatic heterocycles. The molecule has 0 aliphatic rings. The van der Waals surface area contributed by atoms with Gasteiger partial charge in [-0.05, 0) is 24.4 Å². The molecule has 0 aromatic heterocycles. The zero-order valence-electron chi connectivity index (χ0n) is 8.30. The molecular formula is C9H9F2N3OS. The van der Waals surface area contributed by atoms with Gasteiger partial charge in [-0.2, -0.15) is 0 Å². The number of nitrogens with two attached hydrogens (primary N) is 1. The molecule has 7 heteroatoms. The van der Waals surface area contributed by atoms with Crippen LogP contribution in [0.3, 0.4) is 0 Å². The van der Waals surface area contributed by atoms with Gasteiger partial charge in [-0.15, -0.1) is 0 Å². The van der Waals surface area contributed by atoms with Gasteiger partial charge in [0.25, 0.3) is 0 Å². The fourth-order valence-electron chi connectivity index (χ4n) is 1.07. The molecule has 1 amide bonds. The first-order valence-electron chi connectivity index (χ1n) is 4.24. The quantitative estimate of drug-likeness (QED) is 0.692. The van der Waals surface area contributed by atoms with Gasteiger partial charge < -0.3 is 16.4 Å². The maximum atomic E-state index is 13.6. The summed E-state index contributed by atoms with van der Waals surface area (Å²) in [6.07, 6.45) is 0. The molecule has 0 radical (unpaired) electrons. The molecule has 0 heterocycles. The van der Waals surface area contributed by atoms with E-state index < -0.39 is 23.2 Å². The highest BCUT2D eigenvalue weighted by Crippen LogP contribution is 2.25. The first kappa shape index (κ1) is 12.3. The molecule has 0 aliphatic carbocycles. The van der Waals surface area contributed by atoms with Gasteiger partial charge in [0.1, 0.15) is 11.5 Å². The Morgan fingerprint density at radius 2 is 2.00 bits per heavy atom. The zero-order valence-corrected chi connectivity index (χ0v) is 9.12. The van der Waals surface area contributed by atoms with Crippen LogP contribution in [0.4, 0.5) is 20.2 Å². The number of anilines is 2. The van der Waals surface area contributed by atoms with Gasteiger partial charge in [0.05, 0.1) is 5.69 Å². The van der Waals surface area contributed by atoms with E-state index in [-0.39, 0.29) is 10.8 Å². The van der Waals surface area contributed by atoms with Gasteiger partial charge in [-0.25, -0.2) is 8.78 Å². The predicted octanol–water partition coefficient (Wildman–Crippen LogP) is 1.58. The predicted molar refractivity (Wildman–Crippen MR) is 61.1 cm³/mol. The number of thiocarbonyl (C=S) groups is 1. The fourth-order valence-corrected chi connectivity index (χ4v) is 1.18. The number of hydrogen-bond donors (Lipinski definition) is 3. The Morgan fingerprint density at radius 3 is 2.50 bits per heavy atom. The molecule has 4 N–H and O–H groups in total. The molecule has 0 spiro atoms. The lowest BCUT2D eigenvalue weighted by Gasteiger charge is -2.10. The Hall–Kier alpha value is -1.76. The summed E-state index contributed by atoms with van der Waals surface area (Å²) in [4.78, 5) is 10.7. The molecule has 86 valence electrons. The van der Waals surface area contributed by atoms with Crippen molar-refractivity contribution in [3.63, 3.8) is 0 Å². The smallest absolute Gasteiger partial charge is 0.221 e. The first-order chi connectivity index (χ1) is 7.41. The number of carbonyl (C=O) groups is 1. The average molecular weight is 245 g/mol. The molecule has 1 aromatic carbocycles. The molecule has 1 rings (SSSR count). The van der Waals surface area contributed by atoms with Crippen molar-refractivity contribution in [3.8, 4) is 0 Å². The molecule has 0 saturated carbocycles. The second kappa shape index (κ2) is 4.84. The Labute approximate surface area is 95.8 Å². The molecular weight excluding hydrogens is 236 g/mol. The largest absolute Gasteiger partial charge is 0.376 e. The molecule has 4 nitrogen and oxygen atoms in total. The van der Waals surface area contributed by atoms with Crippen LogP contribution >= 0.6 is 12.2 Å². The van der Waals surface area contributed by atoms with Crippen molar-refractivity contribution in [2.75, 3.05) is 10.6 Å². The number of carbonyl (C=O) groups excluding carboxylic acids is 1. The Morgan fingerprint density at radius 1 is 1.38 bits per heavy atom. The third-order valence-corrected chi connectivity index (χ3v) is 1.75. The van der Waals surface area contributed by atoms with Crippen molar-refractivity contribution in [2.24, 2.45) is 5.73 Å². The van der Waals surface area contributed by atoms with Crippen molar-refractivity contribution in [1.29, 1.82) is 0 Å². The van der Waals surface area contributed by atoms with Crippen molar-refractivity contribution in [3.05, 3.63) is 23.8 Å². The molecule has 1 aromatic rings. The molecule has 16 heavy (non-hydrogen) atoms. The maximum Gasteiger partial charge on any atom is 0.221 e. The summed E-state index contributed by atoms with van der Waals surface area (Å²) in [5, 5.41) is 4.22. The normalized spacial score (nSPS) is 9.69. The monoisotopic (exact) mass is 245 g/mol. The summed E-state index contributed by atoms with van der Waals surface area (Å²) >= 11 is 4.52. The van der Waals surface area contributed by atoms with E-state index in [9.17, 15) is 13.6 Å². The van der Waals surface area contributed by atoms with E-state index in [1.54, 1.807) is 0 Å². The second-order valence-corrected chi connectivity index (χ2v) is 3.39. The van der Waals surface area contributed by atoms with Gasteiger partial charge in [0.2, 0.25) is 5.91 Å². The van der Waals surface area contributed by atoms with Crippen molar-refractivity contribution < 1.29 is 13.6 Å². The van der Waals surface area contributed by atoms with Crippen LogP contribution in [0, 0.1) is 11.6 Å². The summed E-state index contributed by atoms with van der Waals surface area (Å²) in [6, 6.07) is 2.13. The van der Waals surface area contributed by atoms with Crippen molar-refractivity contribution in [1.82, 2.24) is 0 Å².